The molecule has 0 saturated carbocycles. The number of carbonyl (C=O) groups is 3. The lowest BCUT2D eigenvalue weighted by molar-refractivity contribution is -0.158. The molecule has 2 amide bonds. The Morgan fingerprint density at radius 1 is 1.17 bits per heavy atom. The second-order valence-electron chi connectivity index (χ2n) is 7.08. The number of thioether (sulfide) groups is 1. The van der Waals surface area contributed by atoms with Crippen LogP contribution in [0.3, 0.4) is 0 Å². The van der Waals surface area contributed by atoms with E-state index in [1.165, 1.54) is 35.4 Å². The van der Waals surface area contributed by atoms with Crippen molar-refractivity contribution in [2.75, 3.05) is 18.9 Å². The van der Waals surface area contributed by atoms with Crippen molar-refractivity contribution in [1.82, 2.24) is 9.80 Å². The molecule has 2 aliphatic heterocycles. The molecule has 2 aliphatic rings. The number of carbonyl (C=O) groups excluding carboxylic acids is 3. The van der Waals surface area contributed by atoms with Gasteiger partial charge in [-0.3, -0.25) is 9.59 Å². The standard InChI is InChI=1S/C21H22N2O5S/c1-14(24)23-17(13-29-20(23)18-7-4-10-27-18)21(26)28-12-19(25)22-9-8-15-5-2-3-6-16(15)11-22/h2-7,10,17,20H,8-9,11-13H2,1H3/t17-,20+/m0/s1. The number of esters is 1. The molecule has 3 heterocycles. The molecule has 1 saturated heterocycles. The van der Waals surface area contributed by atoms with Gasteiger partial charge < -0.3 is 19.0 Å². The molecule has 0 radical (unpaired) electrons. The largest absolute Gasteiger partial charge is 0.466 e. The van der Waals surface area contributed by atoms with Crippen molar-refractivity contribution in [3.05, 3.63) is 59.5 Å². The van der Waals surface area contributed by atoms with E-state index in [0.29, 0.717) is 24.6 Å². The molecule has 0 bridgehead atoms. The summed E-state index contributed by atoms with van der Waals surface area (Å²) in [5.74, 6) is -0.0152. The summed E-state index contributed by atoms with van der Waals surface area (Å²) in [6, 6.07) is 10.8. The summed E-state index contributed by atoms with van der Waals surface area (Å²) in [7, 11) is 0. The molecule has 2 aromatic rings. The van der Waals surface area contributed by atoms with Crippen LogP contribution in [0.4, 0.5) is 0 Å². The third kappa shape index (κ3) is 4.03. The summed E-state index contributed by atoms with van der Waals surface area (Å²) in [6.45, 7) is 2.22. The number of rotatable bonds is 4. The van der Waals surface area contributed by atoms with Crippen molar-refractivity contribution < 1.29 is 23.5 Å². The van der Waals surface area contributed by atoms with E-state index in [2.05, 4.69) is 6.07 Å². The Balaban J connectivity index is 1.36. The first-order valence-corrected chi connectivity index (χ1v) is 10.5. The third-order valence-corrected chi connectivity index (χ3v) is 6.53. The van der Waals surface area contributed by atoms with Crippen LogP contribution in [0, 0.1) is 0 Å². The molecule has 0 aliphatic carbocycles. The van der Waals surface area contributed by atoms with Crippen LogP contribution in [-0.2, 0) is 32.1 Å². The number of nitrogens with zero attached hydrogens (tertiary/aromatic N) is 2. The van der Waals surface area contributed by atoms with Crippen molar-refractivity contribution in [2.45, 2.75) is 31.3 Å². The van der Waals surface area contributed by atoms with Gasteiger partial charge in [-0.25, -0.2) is 4.79 Å². The maximum Gasteiger partial charge on any atom is 0.330 e. The van der Waals surface area contributed by atoms with Crippen molar-refractivity contribution in [3.8, 4) is 0 Å². The molecule has 0 unspecified atom stereocenters. The van der Waals surface area contributed by atoms with Gasteiger partial charge in [0, 0.05) is 25.8 Å². The molecular formula is C21H22N2O5S. The number of benzene rings is 1. The Kier molecular flexibility index (Phi) is 5.62. The lowest BCUT2D eigenvalue weighted by atomic mass is 10.00. The predicted octanol–water partition coefficient (Wildman–Crippen LogP) is 2.37. The predicted molar refractivity (Wildman–Crippen MR) is 107 cm³/mol. The van der Waals surface area contributed by atoms with Gasteiger partial charge in [-0.15, -0.1) is 11.8 Å². The fourth-order valence-corrected chi connectivity index (χ4v) is 5.17. The molecule has 7 nitrogen and oxygen atoms in total. The van der Waals surface area contributed by atoms with Gasteiger partial charge in [-0.2, -0.15) is 0 Å². The zero-order valence-corrected chi connectivity index (χ0v) is 16.9. The van der Waals surface area contributed by atoms with Gasteiger partial charge in [0.15, 0.2) is 6.61 Å². The van der Waals surface area contributed by atoms with E-state index < -0.39 is 12.0 Å². The minimum atomic E-state index is -0.734. The third-order valence-electron chi connectivity index (χ3n) is 5.24. The molecule has 29 heavy (non-hydrogen) atoms. The van der Waals surface area contributed by atoms with E-state index in [9.17, 15) is 14.4 Å². The minimum absolute atomic E-state index is 0.226. The first-order valence-electron chi connectivity index (χ1n) is 9.49. The summed E-state index contributed by atoms with van der Waals surface area (Å²) >= 11 is 1.44. The Hall–Kier alpha value is -2.74. The zero-order valence-electron chi connectivity index (χ0n) is 16.1. The maximum atomic E-state index is 12.6. The SMILES string of the molecule is CC(=O)N1[C@@H](c2ccco2)SC[C@H]1C(=O)OCC(=O)N1CCc2ccccc2C1. The van der Waals surface area contributed by atoms with E-state index in [4.69, 9.17) is 9.15 Å². The van der Waals surface area contributed by atoms with Gasteiger partial charge in [0.1, 0.15) is 17.2 Å². The van der Waals surface area contributed by atoms with Gasteiger partial charge in [-0.05, 0) is 29.7 Å². The van der Waals surface area contributed by atoms with Gasteiger partial charge in [0.05, 0.1) is 6.26 Å². The molecule has 1 aromatic heterocycles. The van der Waals surface area contributed by atoms with Crippen molar-refractivity contribution in [3.63, 3.8) is 0 Å². The Morgan fingerprint density at radius 2 is 1.97 bits per heavy atom. The fourth-order valence-electron chi connectivity index (χ4n) is 3.75. The van der Waals surface area contributed by atoms with E-state index >= 15 is 0 Å². The lowest BCUT2D eigenvalue weighted by Crippen LogP contribution is -2.44. The van der Waals surface area contributed by atoms with Crippen LogP contribution < -0.4 is 0 Å². The van der Waals surface area contributed by atoms with Crippen molar-refractivity contribution in [2.24, 2.45) is 0 Å². The van der Waals surface area contributed by atoms with Crippen LogP contribution in [0.1, 0.15) is 29.2 Å². The normalized spacial score (nSPS) is 21.0. The molecule has 152 valence electrons. The van der Waals surface area contributed by atoms with Crippen molar-refractivity contribution >= 4 is 29.5 Å². The lowest BCUT2D eigenvalue weighted by Gasteiger charge is -2.29. The quantitative estimate of drug-likeness (QED) is 0.715. The van der Waals surface area contributed by atoms with Crippen molar-refractivity contribution in [1.29, 1.82) is 0 Å². The second kappa shape index (κ2) is 8.32. The van der Waals surface area contributed by atoms with Gasteiger partial charge in [-0.1, -0.05) is 24.3 Å². The summed E-state index contributed by atoms with van der Waals surface area (Å²) in [4.78, 5) is 40.5. The Morgan fingerprint density at radius 3 is 2.69 bits per heavy atom. The Labute approximate surface area is 173 Å². The topological polar surface area (TPSA) is 80.1 Å². The number of hydrogen-bond donors (Lipinski definition) is 0. The van der Waals surface area contributed by atoms with Crippen LogP contribution in [0.2, 0.25) is 0 Å². The summed E-state index contributed by atoms with van der Waals surface area (Å²) in [5, 5.41) is -0.366. The van der Waals surface area contributed by atoms with Crippen LogP contribution in [0.25, 0.3) is 0 Å². The van der Waals surface area contributed by atoms with E-state index in [1.807, 2.05) is 18.2 Å². The van der Waals surface area contributed by atoms with Gasteiger partial charge in [0.2, 0.25) is 5.91 Å². The number of furan rings is 1. The highest BCUT2D eigenvalue weighted by Crippen LogP contribution is 2.41. The molecule has 2 atom stereocenters. The van der Waals surface area contributed by atoms with E-state index in [-0.39, 0.29) is 23.8 Å². The van der Waals surface area contributed by atoms with Crippen LogP contribution >= 0.6 is 11.8 Å². The average molecular weight is 414 g/mol. The number of ether oxygens (including phenoxy) is 1. The summed E-state index contributed by atoms with van der Waals surface area (Å²) < 4.78 is 10.7. The fraction of sp³-hybridized carbons (Fsp3) is 0.381. The van der Waals surface area contributed by atoms with E-state index in [1.54, 1.807) is 17.0 Å². The molecule has 1 fully saturated rings. The first kappa shape index (κ1) is 19.6. The zero-order chi connectivity index (χ0) is 20.4. The molecular weight excluding hydrogens is 392 g/mol. The number of hydrogen-bond acceptors (Lipinski definition) is 6. The van der Waals surface area contributed by atoms with Crippen LogP contribution in [-0.4, -0.2) is 52.5 Å². The van der Waals surface area contributed by atoms with Gasteiger partial charge in [0.25, 0.3) is 5.91 Å². The number of amides is 2. The minimum Gasteiger partial charge on any atom is -0.466 e. The average Bonchev–Trinajstić information content (AvgIpc) is 3.40. The molecule has 0 N–H and O–H groups in total. The summed E-state index contributed by atoms with van der Waals surface area (Å²) in [5.41, 5.74) is 2.37. The number of fused-ring (bicyclic) bond motifs is 1. The smallest absolute Gasteiger partial charge is 0.330 e. The first-order chi connectivity index (χ1) is 14.0. The van der Waals surface area contributed by atoms with E-state index in [0.717, 1.165) is 12.0 Å². The molecule has 8 heteroatoms. The molecule has 0 spiro atoms. The highest BCUT2D eigenvalue weighted by molar-refractivity contribution is 7.99. The van der Waals surface area contributed by atoms with Gasteiger partial charge >= 0.3 is 5.97 Å². The monoisotopic (exact) mass is 414 g/mol. The van der Waals surface area contributed by atoms with Crippen LogP contribution in [0.5, 0.6) is 0 Å². The molecule has 1 aromatic carbocycles. The highest BCUT2D eigenvalue weighted by atomic mass is 32.2. The van der Waals surface area contributed by atoms with Crippen LogP contribution in [0.15, 0.2) is 47.1 Å². The highest BCUT2D eigenvalue weighted by Gasteiger charge is 2.43. The molecule has 4 rings (SSSR count). The maximum absolute atomic E-state index is 12.6. The second-order valence-corrected chi connectivity index (χ2v) is 8.20. The summed E-state index contributed by atoms with van der Waals surface area (Å²) in [6.07, 6.45) is 2.33. The Bertz CT molecular complexity index is 914.